The van der Waals surface area contributed by atoms with Gasteiger partial charge < -0.3 is 4.57 Å². The number of nitrogens with zero attached hydrogens (tertiary/aromatic N) is 2. The van der Waals surface area contributed by atoms with Gasteiger partial charge >= 0.3 is 0 Å². The lowest BCUT2D eigenvalue weighted by atomic mass is 10.1. The Bertz CT molecular complexity index is 466. The quantitative estimate of drug-likeness (QED) is 0.555. The molecule has 1 aromatic carbocycles. The molecule has 2 heteroatoms. The van der Waals surface area contributed by atoms with Crippen molar-refractivity contribution in [3.8, 4) is 0 Å². The molecular weight excluding hydrogens is 148 g/mol. The Labute approximate surface area is 70.2 Å². The summed E-state index contributed by atoms with van der Waals surface area (Å²) in [5.41, 5.74) is 2.63. The van der Waals surface area contributed by atoms with E-state index in [1.807, 2.05) is 6.34 Å². The Morgan fingerprint density at radius 3 is 3.25 bits per heavy atom. The van der Waals surface area contributed by atoms with Crippen molar-refractivity contribution in [2.75, 3.05) is 0 Å². The Morgan fingerprint density at radius 2 is 2.25 bits per heavy atom. The molecule has 2 aromatic rings. The van der Waals surface area contributed by atoms with Crippen molar-refractivity contribution in [2.24, 2.45) is 4.99 Å². The summed E-state index contributed by atoms with van der Waals surface area (Å²) < 4.78 is 2.08. The minimum absolute atomic E-state index is 0.821. The highest BCUT2D eigenvalue weighted by Gasteiger charge is 2.07. The van der Waals surface area contributed by atoms with E-state index in [1.54, 1.807) is 0 Å². The van der Waals surface area contributed by atoms with Crippen LogP contribution in [0.5, 0.6) is 0 Å². The zero-order valence-electron chi connectivity index (χ0n) is 6.57. The summed E-state index contributed by atoms with van der Waals surface area (Å²) in [6, 6.07) is 8.48. The maximum atomic E-state index is 4.25. The summed E-state index contributed by atoms with van der Waals surface area (Å²) in [5.74, 6) is 0. The zero-order valence-corrected chi connectivity index (χ0v) is 6.57. The Hall–Kier alpha value is -1.57. The highest BCUT2D eigenvalue weighted by atomic mass is 15.0. The average Bonchev–Trinajstić information content (AvgIpc) is 2.52. The fraction of sp³-hybridized carbons (Fsp3) is 0.100. The molecule has 0 spiro atoms. The number of aliphatic imine (C=N–C) groups is 1. The van der Waals surface area contributed by atoms with Gasteiger partial charge in [-0.3, -0.25) is 4.99 Å². The third-order valence-corrected chi connectivity index (χ3v) is 2.29. The molecule has 0 atom stereocenters. The lowest BCUT2D eigenvalue weighted by Crippen LogP contribution is -2.01. The average molecular weight is 156 g/mol. The van der Waals surface area contributed by atoms with Crippen LogP contribution in [0.3, 0.4) is 0 Å². The lowest BCUT2D eigenvalue weighted by Gasteiger charge is -2.08. The molecule has 2 nitrogen and oxygen atoms in total. The monoisotopic (exact) mass is 156 g/mol. The first-order valence-electron chi connectivity index (χ1n) is 4.03. The van der Waals surface area contributed by atoms with Gasteiger partial charge in [-0.25, -0.2) is 0 Å². The van der Waals surface area contributed by atoms with Gasteiger partial charge in [-0.1, -0.05) is 18.2 Å². The van der Waals surface area contributed by atoms with Crippen molar-refractivity contribution in [3.63, 3.8) is 0 Å². The van der Waals surface area contributed by atoms with Gasteiger partial charge in [0.05, 0.1) is 18.4 Å². The van der Waals surface area contributed by atoms with Gasteiger partial charge in [-0.15, -0.1) is 0 Å². The Balaban J connectivity index is 2.57. The molecular formula is C10H8N2. The second kappa shape index (κ2) is 1.97. The van der Waals surface area contributed by atoms with Crippen LogP contribution in [0.15, 0.2) is 35.5 Å². The molecule has 0 bridgehead atoms. The summed E-state index contributed by atoms with van der Waals surface area (Å²) in [6.07, 6.45) is 3.94. The second-order valence-electron chi connectivity index (χ2n) is 3.03. The van der Waals surface area contributed by atoms with Crippen LogP contribution in [-0.4, -0.2) is 10.9 Å². The molecule has 0 saturated carbocycles. The van der Waals surface area contributed by atoms with Crippen LogP contribution >= 0.6 is 0 Å². The van der Waals surface area contributed by atoms with E-state index in [1.165, 1.54) is 16.5 Å². The predicted molar refractivity (Wildman–Crippen MR) is 49.5 cm³/mol. The smallest absolute Gasteiger partial charge is 0.0939 e. The first-order chi connectivity index (χ1) is 5.95. The van der Waals surface area contributed by atoms with E-state index in [4.69, 9.17) is 0 Å². The highest BCUT2D eigenvalue weighted by molar-refractivity contribution is 5.90. The molecule has 0 saturated heterocycles. The molecule has 1 aliphatic heterocycles. The molecule has 3 rings (SSSR count). The third kappa shape index (κ3) is 0.619. The van der Waals surface area contributed by atoms with E-state index in [0.717, 1.165) is 6.54 Å². The Kier molecular flexibility index (Phi) is 0.987. The van der Waals surface area contributed by atoms with Crippen LogP contribution < -0.4 is 0 Å². The summed E-state index contributed by atoms with van der Waals surface area (Å²) >= 11 is 0. The first kappa shape index (κ1) is 6.00. The van der Waals surface area contributed by atoms with Crippen LogP contribution in [0.4, 0.5) is 0 Å². The van der Waals surface area contributed by atoms with Gasteiger partial charge in [0.1, 0.15) is 0 Å². The minimum Gasteiger partial charge on any atom is -0.307 e. The largest absolute Gasteiger partial charge is 0.307 e. The second-order valence-corrected chi connectivity index (χ2v) is 3.03. The standard InChI is InChI=1S/C10H8N2/c1-2-8-4-5-12-7-11-6-9(3-1)10(8)12/h1-5,7H,6H2. The molecule has 0 N–H and O–H groups in total. The van der Waals surface area contributed by atoms with Crippen LogP contribution in [0.2, 0.25) is 0 Å². The molecule has 0 fully saturated rings. The number of aromatic nitrogens is 1. The fourth-order valence-electron chi connectivity index (χ4n) is 1.75. The minimum atomic E-state index is 0.821. The highest BCUT2D eigenvalue weighted by Crippen LogP contribution is 2.22. The van der Waals surface area contributed by atoms with E-state index in [-0.39, 0.29) is 0 Å². The molecule has 0 aliphatic carbocycles. The maximum Gasteiger partial charge on any atom is 0.0939 e. The van der Waals surface area contributed by atoms with Crippen LogP contribution in [-0.2, 0) is 6.54 Å². The van der Waals surface area contributed by atoms with E-state index >= 15 is 0 Å². The Morgan fingerprint density at radius 1 is 1.25 bits per heavy atom. The van der Waals surface area contributed by atoms with Crippen LogP contribution in [0.1, 0.15) is 5.56 Å². The van der Waals surface area contributed by atoms with Gasteiger partial charge in [0.15, 0.2) is 0 Å². The van der Waals surface area contributed by atoms with Gasteiger partial charge in [0.2, 0.25) is 0 Å². The molecule has 0 amide bonds. The van der Waals surface area contributed by atoms with Gasteiger partial charge in [0, 0.05) is 11.6 Å². The molecule has 2 heterocycles. The van der Waals surface area contributed by atoms with E-state index in [0.29, 0.717) is 0 Å². The van der Waals surface area contributed by atoms with Crippen molar-refractivity contribution in [2.45, 2.75) is 6.54 Å². The SMILES string of the molecule is C1=NCc2cccc3ccn1c23. The molecule has 0 radical (unpaired) electrons. The summed E-state index contributed by atoms with van der Waals surface area (Å²) in [5, 5.41) is 1.30. The number of rotatable bonds is 0. The molecule has 12 heavy (non-hydrogen) atoms. The van der Waals surface area contributed by atoms with Crippen LogP contribution in [0.25, 0.3) is 10.9 Å². The number of benzene rings is 1. The topological polar surface area (TPSA) is 17.3 Å². The van der Waals surface area contributed by atoms with Crippen molar-refractivity contribution in [1.29, 1.82) is 0 Å². The number of para-hydroxylation sites is 1. The van der Waals surface area contributed by atoms with Crippen molar-refractivity contribution >= 4 is 17.2 Å². The van der Waals surface area contributed by atoms with Crippen LogP contribution in [0, 0.1) is 0 Å². The number of hydrogen-bond donors (Lipinski definition) is 0. The van der Waals surface area contributed by atoms with E-state index in [9.17, 15) is 0 Å². The molecule has 1 aromatic heterocycles. The van der Waals surface area contributed by atoms with Gasteiger partial charge in [0.25, 0.3) is 0 Å². The van der Waals surface area contributed by atoms with Gasteiger partial charge in [-0.05, 0) is 11.6 Å². The van der Waals surface area contributed by atoms with Gasteiger partial charge in [-0.2, -0.15) is 0 Å². The summed E-state index contributed by atoms with van der Waals surface area (Å²) in [7, 11) is 0. The third-order valence-electron chi connectivity index (χ3n) is 2.29. The summed E-state index contributed by atoms with van der Waals surface area (Å²) in [4.78, 5) is 4.25. The van der Waals surface area contributed by atoms with E-state index in [2.05, 4.69) is 40.0 Å². The molecule has 58 valence electrons. The lowest BCUT2D eigenvalue weighted by molar-refractivity contribution is 1.02. The van der Waals surface area contributed by atoms with E-state index < -0.39 is 0 Å². The van der Waals surface area contributed by atoms with Crippen molar-refractivity contribution < 1.29 is 0 Å². The van der Waals surface area contributed by atoms with Crippen molar-refractivity contribution in [3.05, 3.63) is 36.0 Å². The normalized spacial score (nSPS) is 14.0. The fourth-order valence-corrected chi connectivity index (χ4v) is 1.75. The maximum absolute atomic E-state index is 4.25. The van der Waals surface area contributed by atoms with Crippen molar-refractivity contribution in [1.82, 2.24) is 4.57 Å². The summed E-state index contributed by atoms with van der Waals surface area (Å²) in [6.45, 7) is 0.821. The number of hydrogen-bond acceptors (Lipinski definition) is 1. The first-order valence-corrected chi connectivity index (χ1v) is 4.03. The predicted octanol–water partition coefficient (Wildman–Crippen LogP) is 2.03. The molecule has 0 unspecified atom stereocenters. The zero-order chi connectivity index (χ0) is 7.97. The molecule has 1 aliphatic rings.